The summed E-state index contributed by atoms with van der Waals surface area (Å²) in [6.07, 6.45) is 3.07. The number of hydrogen-bond donors (Lipinski definition) is 0. The predicted octanol–water partition coefficient (Wildman–Crippen LogP) is 1.46. The second-order valence-corrected chi connectivity index (χ2v) is 5.50. The van der Waals surface area contributed by atoms with Gasteiger partial charge in [-0.05, 0) is 35.4 Å². The third kappa shape index (κ3) is 2.33. The van der Waals surface area contributed by atoms with Gasteiger partial charge in [0.15, 0.2) is 0 Å². The molecule has 2 saturated heterocycles. The lowest BCUT2D eigenvalue weighted by atomic mass is 10.2. The zero-order valence-electron chi connectivity index (χ0n) is 9.60. The van der Waals surface area contributed by atoms with Gasteiger partial charge in [0, 0.05) is 19.2 Å². The van der Waals surface area contributed by atoms with Gasteiger partial charge >= 0.3 is 6.01 Å². The number of morpholine rings is 1. The van der Waals surface area contributed by atoms with Gasteiger partial charge in [0.25, 0.3) is 0 Å². The first-order chi connectivity index (χ1) is 8.24. The summed E-state index contributed by atoms with van der Waals surface area (Å²) in [7, 11) is 1.60. The normalized spacial score (nSPS) is 27.3. The summed E-state index contributed by atoms with van der Waals surface area (Å²) in [5.41, 5.74) is 0. The van der Waals surface area contributed by atoms with E-state index < -0.39 is 0 Å². The highest BCUT2D eigenvalue weighted by Crippen LogP contribution is 2.29. The Morgan fingerprint density at radius 1 is 1.35 bits per heavy atom. The Hall–Kier alpha value is -0.630. The smallest absolute Gasteiger partial charge is 0.319 e. The fourth-order valence-corrected chi connectivity index (χ4v) is 2.93. The van der Waals surface area contributed by atoms with Crippen LogP contribution in [0.4, 0.5) is 5.82 Å². The number of hydrogen-bond acceptors (Lipinski definition) is 5. The number of ether oxygens (including phenoxy) is 2. The van der Waals surface area contributed by atoms with E-state index in [1.807, 2.05) is 6.07 Å². The van der Waals surface area contributed by atoms with Crippen molar-refractivity contribution in [2.24, 2.45) is 0 Å². The molecule has 2 unspecified atom stereocenters. The number of nitrogens with zero attached hydrogens (tertiary/aromatic N) is 3. The highest BCUT2D eigenvalue weighted by Gasteiger charge is 2.34. The van der Waals surface area contributed by atoms with Crippen LogP contribution >= 0.6 is 22.6 Å². The predicted molar refractivity (Wildman–Crippen MR) is 71.4 cm³/mol. The Labute approximate surface area is 114 Å². The van der Waals surface area contributed by atoms with Gasteiger partial charge in [-0.15, -0.1) is 0 Å². The van der Waals surface area contributed by atoms with E-state index in [0.717, 1.165) is 22.6 Å². The Morgan fingerprint density at radius 3 is 2.71 bits per heavy atom. The Bertz CT molecular complexity index is 417. The summed E-state index contributed by atoms with van der Waals surface area (Å²) in [6, 6.07) is 2.43. The van der Waals surface area contributed by atoms with E-state index in [2.05, 4.69) is 37.5 Å². The molecule has 2 bridgehead atoms. The molecule has 3 rings (SSSR count). The summed E-state index contributed by atoms with van der Waals surface area (Å²) in [4.78, 5) is 10.9. The van der Waals surface area contributed by atoms with Crippen LogP contribution in [-0.4, -0.2) is 42.4 Å². The fraction of sp³-hybridized carbons (Fsp3) is 0.636. The van der Waals surface area contributed by atoms with Gasteiger partial charge in [0.1, 0.15) is 9.52 Å². The van der Waals surface area contributed by atoms with Crippen molar-refractivity contribution in [1.82, 2.24) is 9.97 Å². The maximum Gasteiger partial charge on any atom is 0.319 e. The summed E-state index contributed by atoms with van der Waals surface area (Å²) in [5, 5.41) is 0. The summed E-state index contributed by atoms with van der Waals surface area (Å²) < 4.78 is 11.8. The molecular weight excluding hydrogens is 333 g/mol. The number of anilines is 1. The maximum atomic E-state index is 5.82. The molecule has 17 heavy (non-hydrogen) atoms. The number of aromatic nitrogens is 2. The number of methoxy groups -OCH3 is 1. The summed E-state index contributed by atoms with van der Waals surface area (Å²) in [6.45, 7) is 1.85. The highest BCUT2D eigenvalue weighted by atomic mass is 127. The van der Waals surface area contributed by atoms with Crippen molar-refractivity contribution < 1.29 is 9.47 Å². The Balaban J connectivity index is 1.86. The van der Waals surface area contributed by atoms with E-state index >= 15 is 0 Å². The first kappa shape index (κ1) is 11.5. The van der Waals surface area contributed by atoms with Gasteiger partial charge in [-0.1, -0.05) is 0 Å². The van der Waals surface area contributed by atoms with Crippen LogP contribution in [0.15, 0.2) is 6.07 Å². The number of halogens is 1. The van der Waals surface area contributed by atoms with E-state index in [4.69, 9.17) is 9.47 Å². The third-order valence-electron chi connectivity index (χ3n) is 3.21. The molecule has 92 valence electrons. The molecule has 2 aliphatic heterocycles. The van der Waals surface area contributed by atoms with E-state index in [0.29, 0.717) is 18.2 Å². The molecule has 2 aliphatic rings. The first-order valence-corrected chi connectivity index (χ1v) is 6.81. The minimum atomic E-state index is 0.368. The lowest BCUT2D eigenvalue weighted by molar-refractivity contribution is 0.0301. The minimum Gasteiger partial charge on any atom is -0.467 e. The van der Waals surface area contributed by atoms with Gasteiger partial charge in [0.05, 0.1) is 19.3 Å². The van der Waals surface area contributed by atoms with Crippen molar-refractivity contribution in [3.8, 4) is 6.01 Å². The number of fused-ring (bicyclic) bond motifs is 2. The van der Waals surface area contributed by atoms with Crippen LogP contribution < -0.4 is 9.64 Å². The molecule has 2 atom stereocenters. The Morgan fingerprint density at radius 2 is 2.06 bits per heavy atom. The molecule has 0 amide bonds. The fourth-order valence-electron chi connectivity index (χ4n) is 2.44. The first-order valence-electron chi connectivity index (χ1n) is 5.73. The molecule has 0 spiro atoms. The van der Waals surface area contributed by atoms with Crippen molar-refractivity contribution in [1.29, 1.82) is 0 Å². The summed E-state index contributed by atoms with van der Waals surface area (Å²) >= 11 is 2.19. The number of rotatable bonds is 2. The minimum absolute atomic E-state index is 0.368. The van der Waals surface area contributed by atoms with Crippen molar-refractivity contribution in [2.75, 3.05) is 25.1 Å². The highest BCUT2D eigenvalue weighted by molar-refractivity contribution is 14.1. The molecule has 5 nitrogen and oxygen atoms in total. The molecule has 2 fully saturated rings. The lowest BCUT2D eigenvalue weighted by Crippen LogP contribution is -2.43. The molecule has 0 radical (unpaired) electrons. The van der Waals surface area contributed by atoms with Crippen molar-refractivity contribution in [3.63, 3.8) is 0 Å². The van der Waals surface area contributed by atoms with Gasteiger partial charge in [0.2, 0.25) is 0 Å². The van der Waals surface area contributed by atoms with Gasteiger partial charge < -0.3 is 14.4 Å². The molecule has 0 aromatic carbocycles. The average molecular weight is 347 g/mol. The van der Waals surface area contributed by atoms with E-state index in [1.165, 1.54) is 12.8 Å². The average Bonchev–Trinajstić information content (AvgIpc) is 2.67. The van der Waals surface area contributed by atoms with Crippen LogP contribution in [0.5, 0.6) is 6.01 Å². The van der Waals surface area contributed by atoms with Crippen molar-refractivity contribution >= 4 is 28.4 Å². The molecule has 0 saturated carbocycles. The molecule has 3 heterocycles. The molecule has 0 N–H and O–H groups in total. The van der Waals surface area contributed by atoms with Crippen LogP contribution in [-0.2, 0) is 4.74 Å². The van der Waals surface area contributed by atoms with E-state index in [1.54, 1.807) is 7.11 Å². The SMILES string of the molecule is COc1nc(I)cc(N2CC3CCC(C2)O3)n1. The summed E-state index contributed by atoms with van der Waals surface area (Å²) in [5.74, 6) is 0.946. The third-order valence-corrected chi connectivity index (χ3v) is 3.76. The topological polar surface area (TPSA) is 47.5 Å². The Kier molecular flexibility index (Phi) is 3.08. The standard InChI is InChI=1S/C11H14IN3O2/c1-16-11-13-9(12)4-10(14-11)15-5-7-2-3-8(6-15)17-7/h4,7-8H,2-3,5-6H2,1H3. The zero-order chi connectivity index (χ0) is 11.8. The van der Waals surface area contributed by atoms with Crippen LogP contribution in [0, 0.1) is 3.70 Å². The van der Waals surface area contributed by atoms with Crippen LogP contribution in [0.25, 0.3) is 0 Å². The van der Waals surface area contributed by atoms with Gasteiger partial charge in [-0.3, -0.25) is 0 Å². The van der Waals surface area contributed by atoms with E-state index in [9.17, 15) is 0 Å². The van der Waals surface area contributed by atoms with Crippen molar-refractivity contribution in [2.45, 2.75) is 25.0 Å². The van der Waals surface area contributed by atoms with Crippen molar-refractivity contribution in [3.05, 3.63) is 9.77 Å². The van der Waals surface area contributed by atoms with Crippen LogP contribution in [0.3, 0.4) is 0 Å². The second-order valence-electron chi connectivity index (χ2n) is 4.40. The molecule has 1 aromatic heterocycles. The lowest BCUT2D eigenvalue weighted by Gasteiger charge is -2.32. The zero-order valence-corrected chi connectivity index (χ0v) is 11.8. The molecular formula is C11H14IN3O2. The van der Waals surface area contributed by atoms with E-state index in [-0.39, 0.29) is 0 Å². The van der Waals surface area contributed by atoms with Crippen LogP contribution in [0.2, 0.25) is 0 Å². The van der Waals surface area contributed by atoms with Gasteiger partial charge in [-0.25, -0.2) is 0 Å². The second kappa shape index (κ2) is 4.56. The molecule has 1 aromatic rings. The quantitative estimate of drug-likeness (QED) is 0.599. The van der Waals surface area contributed by atoms with Gasteiger partial charge in [-0.2, -0.15) is 9.97 Å². The monoisotopic (exact) mass is 347 g/mol. The maximum absolute atomic E-state index is 5.82. The van der Waals surface area contributed by atoms with Crippen LogP contribution in [0.1, 0.15) is 12.8 Å². The largest absolute Gasteiger partial charge is 0.467 e. The molecule has 0 aliphatic carbocycles. The molecule has 6 heteroatoms.